The van der Waals surface area contributed by atoms with Crippen molar-refractivity contribution in [2.24, 2.45) is 0 Å². The van der Waals surface area contributed by atoms with Crippen LogP contribution in [0.15, 0.2) is 29.2 Å². The Labute approximate surface area is 116 Å². The molecule has 0 saturated heterocycles. The molecule has 0 aliphatic heterocycles. The van der Waals surface area contributed by atoms with Crippen molar-refractivity contribution < 1.29 is 0 Å². The van der Waals surface area contributed by atoms with Crippen molar-refractivity contribution in [1.29, 1.82) is 0 Å². The monoisotopic (exact) mass is 263 g/mol. The predicted molar refractivity (Wildman–Crippen MR) is 81.1 cm³/mol. The first-order valence-electron chi connectivity index (χ1n) is 7.04. The molecular formula is C16H25NS. The van der Waals surface area contributed by atoms with Crippen LogP contribution in [-0.4, -0.2) is 10.8 Å². The van der Waals surface area contributed by atoms with Crippen LogP contribution < -0.4 is 5.32 Å². The lowest BCUT2D eigenvalue weighted by Crippen LogP contribution is -2.35. The van der Waals surface area contributed by atoms with Crippen LogP contribution in [-0.2, 0) is 6.54 Å². The van der Waals surface area contributed by atoms with E-state index in [-0.39, 0.29) is 5.54 Å². The molecule has 1 aromatic carbocycles. The normalized spacial score (nSPS) is 17.3. The molecule has 1 N–H and O–H groups in total. The lowest BCUT2D eigenvalue weighted by atomic mass is 10.1. The lowest BCUT2D eigenvalue weighted by molar-refractivity contribution is 0.422. The quantitative estimate of drug-likeness (QED) is 0.851. The fraction of sp³-hybridized carbons (Fsp3) is 0.625. The maximum Gasteiger partial charge on any atom is 0.0221 e. The SMILES string of the molecule is CC(C)(C)NCc1ccccc1SC1CCCC1. The fourth-order valence-corrected chi connectivity index (χ4v) is 3.69. The van der Waals surface area contributed by atoms with E-state index in [1.807, 2.05) is 0 Å². The highest BCUT2D eigenvalue weighted by Gasteiger charge is 2.18. The van der Waals surface area contributed by atoms with Crippen molar-refractivity contribution in [1.82, 2.24) is 5.32 Å². The summed E-state index contributed by atoms with van der Waals surface area (Å²) in [5.41, 5.74) is 1.63. The molecule has 0 spiro atoms. The Bertz CT molecular complexity index is 375. The summed E-state index contributed by atoms with van der Waals surface area (Å²) in [4.78, 5) is 1.47. The predicted octanol–water partition coefficient (Wildman–Crippen LogP) is 4.61. The molecule has 0 radical (unpaired) electrons. The first-order valence-corrected chi connectivity index (χ1v) is 7.92. The fourth-order valence-electron chi connectivity index (χ4n) is 2.31. The second-order valence-corrected chi connectivity index (χ2v) is 7.58. The van der Waals surface area contributed by atoms with Crippen LogP contribution in [0.1, 0.15) is 52.0 Å². The van der Waals surface area contributed by atoms with Crippen molar-refractivity contribution in [3.05, 3.63) is 29.8 Å². The number of nitrogens with one attached hydrogen (secondary N) is 1. The van der Waals surface area contributed by atoms with E-state index in [4.69, 9.17) is 0 Å². The summed E-state index contributed by atoms with van der Waals surface area (Å²) in [5.74, 6) is 0. The van der Waals surface area contributed by atoms with Crippen LogP contribution in [0.2, 0.25) is 0 Å². The van der Waals surface area contributed by atoms with Gasteiger partial charge in [0.1, 0.15) is 0 Å². The Balaban J connectivity index is 2.00. The van der Waals surface area contributed by atoms with E-state index in [0.29, 0.717) is 0 Å². The molecule has 18 heavy (non-hydrogen) atoms. The van der Waals surface area contributed by atoms with Gasteiger partial charge in [-0.1, -0.05) is 31.0 Å². The molecular weight excluding hydrogens is 238 g/mol. The van der Waals surface area contributed by atoms with E-state index in [9.17, 15) is 0 Å². The molecule has 2 heteroatoms. The highest BCUT2D eigenvalue weighted by Crippen LogP contribution is 2.36. The van der Waals surface area contributed by atoms with Crippen molar-refractivity contribution >= 4 is 11.8 Å². The molecule has 1 aromatic rings. The number of hydrogen-bond acceptors (Lipinski definition) is 2. The summed E-state index contributed by atoms with van der Waals surface area (Å²) in [6.07, 6.45) is 5.62. The zero-order chi connectivity index (χ0) is 13.0. The van der Waals surface area contributed by atoms with Crippen LogP contribution in [0, 0.1) is 0 Å². The van der Waals surface area contributed by atoms with Gasteiger partial charge in [0.25, 0.3) is 0 Å². The molecule has 2 rings (SSSR count). The molecule has 0 aromatic heterocycles. The summed E-state index contributed by atoms with van der Waals surface area (Å²) < 4.78 is 0. The van der Waals surface area contributed by atoms with Gasteiger partial charge >= 0.3 is 0 Å². The maximum absolute atomic E-state index is 3.59. The second kappa shape index (κ2) is 6.12. The van der Waals surface area contributed by atoms with Crippen LogP contribution in [0.5, 0.6) is 0 Å². The average molecular weight is 263 g/mol. The molecule has 1 aliphatic carbocycles. The van der Waals surface area contributed by atoms with Crippen LogP contribution in [0.4, 0.5) is 0 Å². The molecule has 0 heterocycles. The van der Waals surface area contributed by atoms with Gasteiger partial charge in [-0.2, -0.15) is 0 Å². The minimum atomic E-state index is 0.186. The molecule has 100 valence electrons. The van der Waals surface area contributed by atoms with Gasteiger partial charge in [0, 0.05) is 22.2 Å². The van der Waals surface area contributed by atoms with E-state index in [1.165, 1.54) is 36.1 Å². The van der Waals surface area contributed by atoms with Crippen molar-refractivity contribution in [2.75, 3.05) is 0 Å². The average Bonchev–Trinajstić information content (AvgIpc) is 2.80. The third-order valence-electron chi connectivity index (χ3n) is 3.38. The van der Waals surface area contributed by atoms with E-state index >= 15 is 0 Å². The van der Waals surface area contributed by atoms with Gasteiger partial charge in [-0.25, -0.2) is 0 Å². The zero-order valence-corrected chi connectivity index (χ0v) is 12.6. The summed E-state index contributed by atoms with van der Waals surface area (Å²) >= 11 is 2.09. The van der Waals surface area contributed by atoms with E-state index in [0.717, 1.165) is 11.8 Å². The molecule has 1 nitrogen and oxygen atoms in total. The van der Waals surface area contributed by atoms with E-state index in [1.54, 1.807) is 0 Å². The molecule has 1 aliphatic rings. The summed E-state index contributed by atoms with van der Waals surface area (Å²) in [6.45, 7) is 7.64. The third kappa shape index (κ3) is 4.33. The van der Waals surface area contributed by atoms with Gasteiger partial charge in [-0.3, -0.25) is 0 Å². The number of hydrogen-bond donors (Lipinski definition) is 1. The Morgan fingerprint density at radius 3 is 2.50 bits per heavy atom. The highest BCUT2D eigenvalue weighted by atomic mass is 32.2. The smallest absolute Gasteiger partial charge is 0.0221 e. The Kier molecular flexibility index (Phi) is 4.74. The minimum absolute atomic E-state index is 0.186. The van der Waals surface area contributed by atoms with Gasteiger partial charge in [0.2, 0.25) is 0 Å². The first-order chi connectivity index (χ1) is 8.54. The zero-order valence-electron chi connectivity index (χ0n) is 11.8. The molecule has 0 unspecified atom stereocenters. The molecule has 0 bridgehead atoms. The Morgan fingerprint density at radius 2 is 1.83 bits per heavy atom. The van der Waals surface area contributed by atoms with Crippen LogP contribution >= 0.6 is 11.8 Å². The summed E-state index contributed by atoms with van der Waals surface area (Å²) in [7, 11) is 0. The topological polar surface area (TPSA) is 12.0 Å². The van der Waals surface area contributed by atoms with E-state index in [2.05, 4.69) is 62.1 Å². The van der Waals surface area contributed by atoms with E-state index < -0.39 is 0 Å². The van der Waals surface area contributed by atoms with Crippen LogP contribution in [0.25, 0.3) is 0 Å². The summed E-state index contributed by atoms with van der Waals surface area (Å²) in [5, 5.41) is 4.44. The molecule has 0 atom stereocenters. The van der Waals surface area contributed by atoms with Gasteiger partial charge in [0.15, 0.2) is 0 Å². The number of thioether (sulfide) groups is 1. The molecule has 1 saturated carbocycles. The van der Waals surface area contributed by atoms with Crippen molar-refractivity contribution in [3.8, 4) is 0 Å². The van der Waals surface area contributed by atoms with Crippen LogP contribution in [0.3, 0.4) is 0 Å². The van der Waals surface area contributed by atoms with Gasteiger partial charge in [-0.15, -0.1) is 11.8 Å². The van der Waals surface area contributed by atoms with Gasteiger partial charge in [-0.05, 0) is 45.2 Å². The van der Waals surface area contributed by atoms with Gasteiger partial charge < -0.3 is 5.32 Å². The largest absolute Gasteiger partial charge is 0.308 e. The van der Waals surface area contributed by atoms with Crippen molar-refractivity contribution in [2.45, 2.75) is 68.7 Å². The van der Waals surface area contributed by atoms with Gasteiger partial charge in [0.05, 0.1) is 0 Å². The van der Waals surface area contributed by atoms with Crippen molar-refractivity contribution in [3.63, 3.8) is 0 Å². The Morgan fingerprint density at radius 1 is 1.17 bits per heavy atom. The maximum atomic E-state index is 3.59. The molecule has 1 fully saturated rings. The third-order valence-corrected chi connectivity index (χ3v) is 4.83. The standard InChI is InChI=1S/C16H25NS/c1-16(2,3)17-12-13-8-4-7-11-15(13)18-14-9-5-6-10-14/h4,7-8,11,14,17H,5-6,9-10,12H2,1-3H3. The first kappa shape index (κ1) is 14.0. The minimum Gasteiger partial charge on any atom is -0.308 e. The highest BCUT2D eigenvalue weighted by molar-refractivity contribution is 8.00. The lowest BCUT2D eigenvalue weighted by Gasteiger charge is -2.22. The number of rotatable bonds is 4. The number of benzene rings is 1. The summed E-state index contributed by atoms with van der Waals surface area (Å²) in [6, 6.07) is 8.86. The molecule has 0 amide bonds. The Hall–Kier alpha value is -0.470. The second-order valence-electron chi connectivity index (χ2n) is 6.24.